The van der Waals surface area contributed by atoms with E-state index in [4.69, 9.17) is 16.7 Å². The number of aliphatic hydroxyl groups is 1. The lowest BCUT2D eigenvalue weighted by molar-refractivity contribution is -0.207. The van der Waals surface area contributed by atoms with Gasteiger partial charge in [0.15, 0.2) is 6.10 Å². The van der Waals surface area contributed by atoms with Gasteiger partial charge in [-0.1, -0.05) is 11.6 Å². The maximum absolute atomic E-state index is 12.8. The molecule has 6 heteroatoms. The van der Waals surface area contributed by atoms with E-state index in [0.717, 1.165) is 18.2 Å². The SMILES string of the molecule is O[C@H](c1cc(Cl)ccc1F)C(F)(F)F. The van der Waals surface area contributed by atoms with E-state index in [1.165, 1.54) is 0 Å². The summed E-state index contributed by atoms with van der Waals surface area (Å²) in [5, 5.41) is 8.67. The van der Waals surface area contributed by atoms with Crippen LogP contribution in [0.15, 0.2) is 18.2 Å². The van der Waals surface area contributed by atoms with Crippen LogP contribution in [0, 0.1) is 5.82 Å². The van der Waals surface area contributed by atoms with Gasteiger partial charge in [-0.05, 0) is 18.2 Å². The largest absolute Gasteiger partial charge is 0.418 e. The molecule has 1 rings (SSSR count). The van der Waals surface area contributed by atoms with Gasteiger partial charge in [0.25, 0.3) is 0 Å². The van der Waals surface area contributed by atoms with Crippen molar-refractivity contribution in [3.63, 3.8) is 0 Å². The Morgan fingerprint density at radius 2 is 1.86 bits per heavy atom. The van der Waals surface area contributed by atoms with Gasteiger partial charge in [-0.15, -0.1) is 0 Å². The first kappa shape index (κ1) is 11.3. The van der Waals surface area contributed by atoms with Crippen LogP contribution in [-0.4, -0.2) is 11.3 Å². The van der Waals surface area contributed by atoms with Crippen LogP contribution < -0.4 is 0 Å². The monoisotopic (exact) mass is 228 g/mol. The Balaban J connectivity index is 3.12. The first-order valence-corrected chi connectivity index (χ1v) is 3.90. The number of hydrogen-bond donors (Lipinski definition) is 1. The highest BCUT2D eigenvalue weighted by molar-refractivity contribution is 6.30. The van der Waals surface area contributed by atoms with E-state index in [9.17, 15) is 17.6 Å². The minimum Gasteiger partial charge on any atom is -0.379 e. The van der Waals surface area contributed by atoms with Gasteiger partial charge in [0.05, 0.1) is 0 Å². The fourth-order valence-corrected chi connectivity index (χ4v) is 1.08. The molecule has 1 N–H and O–H groups in total. The van der Waals surface area contributed by atoms with Crippen LogP contribution in [-0.2, 0) is 0 Å². The van der Waals surface area contributed by atoms with Crippen molar-refractivity contribution in [2.45, 2.75) is 12.3 Å². The van der Waals surface area contributed by atoms with Crippen molar-refractivity contribution in [3.05, 3.63) is 34.6 Å². The van der Waals surface area contributed by atoms with E-state index >= 15 is 0 Å². The first-order chi connectivity index (χ1) is 6.32. The van der Waals surface area contributed by atoms with Gasteiger partial charge < -0.3 is 5.11 Å². The standard InChI is InChI=1S/C8H5ClF4O/c9-4-1-2-6(10)5(3-4)7(14)8(11,12)13/h1-3,7,14H/t7-/m1/s1. The highest BCUT2D eigenvalue weighted by Crippen LogP contribution is 2.34. The fourth-order valence-electron chi connectivity index (χ4n) is 0.900. The molecule has 0 heterocycles. The number of halogens is 5. The molecule has 0 aromatic heterocycles. The highest BCUT2D eigenvalue weighted by atomic mass is 35.5. The molecule has 0 bridgehead atoms. The van der Waals surface area contributed by atoms with Gasteiger partial charge in [-0.2, -0.15) is 13.2 Å². The number of rotatable bonds is 1. The summed E-state index contributed by atoms with van der Waals surface area (Å²) in [7, 11) is 0. The Morgan fingerprint density at radius 1 is 1.29 bits per heavy atom. The van der Waals surface area contributed by atoms with E-state index in [2.05, 4.69) is 0 Å². The summed E-state index contributed by atoms with van der Waals surface area (Å²) in [6.45, 7) is 0. The molecule has 0 spiro atoms. The van der Waals surface area contributed by atoms with Gasteiger partial charge >= 0.3 is 6.18 Å². The third-order valence-electron chi connectivity index (χ3n) is 1.56. The van der Waals surface area contributed by atoms with E-state index < -0.39 is 23.7 Å². The van der Waals surface area contributed by atoms with Crippen LogP contribution in [0.4, 0.5) is 17.6 Å². The Kier molecular flexibility index (Phi) is 3.01. The van der Waals surface area contributed by atoms with Crippen LogP contribution in [0.5, 0.6) is 0 Å². The number of alkyl halides is 3. The first-order valence-electron chi connectivity index (χ1n) is 3.52. The lowest BCUT2D eigenvalue weighted by atomic mass is 10.1. The van der Waals surface area contributed by atoms with E-state index in [-0.39, 0.29) is 5.02 Å². The molecular weight excluding hydrogens is 224 g/mol. The predicted molar refractivity (Wildman–Crippen MR) is 42.4 cm³/mol. The molecular formula is C8H5ClF4O. The zero-order valence-electron chi connectivity index (χ0n) is 6.65. The Morgan fingerprint density at radius 3 is 2.36 bits per heavy atom. The molecule has 0 radical (unpaired) electrons. The van der Waals surface area contributed by atoms with Crippen molar-refractivity contribution in [2.75, 3.05) is 0 Å². The normalized spacial score (nSPS) is 14.1. The van der Waals surface area contributed by atoms with Crippen LogP contribution in [0.25, 0.3) is 0 Å². The Hall–Kier alpha value is -0.810. The molecule has 0 saturated heterocycles. The molecule has 1 aromatic rings. The number of benzene rings is 1. The Labute approximate surface area is 81.9 Å². The molecule has 0 aliphatic rings. The van der Waals surface area contributed by atoms with Crippen molar-refractivity contribution < 1.29 is 22.7 Å². The summed E-state index contributed by atoms with van der Waals surface area (Å²) in [5.41, 5.74) is -0.870. The second-order valence-corrected chi connectivity index (χ2v) is 3.05. The summed E-state index contributed by atoms with van der Waals surface area (Å²) in [4.78, 5) is 0. The van der Waals surface area contributed by atoms with Crippen molar-refractivity contribution >= 4 is 11.6 Å². The van der Waals surface area contributed by atoms with E-state index in [1.807, 2.05) is 0 Å². The van der Waals surface area contributed by atoms with Gasteiger partial charge in [-0.25, -0.2) is 4.39 Å². The minimum atomic E-state index is -4.90. The zero-order chi connectivity index (χ0) is 10.9. The van der Waals surface area contributed by atoms with Gasteiger partial charge in [0.1, 0.15) is 5.82 Å². The summed E-state index contributed by atoms with van der Waals surface area (Å²) in [5.74, 6) is -1.14. The van der Waals surface area contributed by atoms with Gasteiger partial charge in [0, 0.05) is 10.6 Å². The van der Waals surface area contributed by atoms with Crippen molar-refractivity contribution in [1.82, 2.24) is 0 Å². The lowest BCUT2D eigenvalue weighted by Crippen LogP contribution is -2.21. The summed E-state index contributed by atoms with van der Waals surface area (Å²) < 4.78 is 48.8. The molecule has 0 saturated carbocycles. The average molecular weight is 229 g/mol. The fraction of sp³-hybridized carbons (Fsp3) is 0.250. The van der Waals surface area contributed by atoms with Crippen LogP contribution in [0.3, 0.4) is 0 Å². The summed E-state index contributed by atoms with van der Waals surface area (Å²) in [6.07, 6.45) is -7.74. The molecule has 1 atom stereocenters. The van der Waals surface area contributed by atoms with Crippen LogP contribution in [0.2, 0.25) is 5.02 Å². The third-order valence-corrected chi connectivity index (χ3v) is 1.80. The summed E-state index contributed by atoms with van der Waals surface area (Å²) in [6, 6.07) is 2.62. The molecule has 1 nitrogen and oxygen atoms in total. The molecule has 0 aliphatic carbocycles. The van der Waals surface area contributed by atoms with Gasteiger partial charge in [-0.3, -0.25) is 0 Å². The molecule has 0 aliphatic heterocycles. The maximum Gasteiger partial charge on any atom is 0.418 e. The molecule has 0 amide bonds. The third kappa shape index (κ3) is 2.36. The van der Waals surface area contributed by atoms with E-state index in [0.29, 0.717) is 0 Å². The molecule has 0 unspecified atom stereocenters. The number of aliphatic hydroxyl groups excluding tert-OH is 1. The second-order valence-electron chi connectivity index (χ2n) is 2.61. The molecule has 0 fully saturated rings. The Bertz CT molecular complexity index is 337. The van der Waals surface area contributed by atoms with E-state index in [1.54, 1.807) is 0 Å². The maximum atomic E-state index is 12.8. The van der Waals surface area contributed by atoms with Crippen molar-refractivity contribution in [3.8, 4) is 0 Å². The minimum absolute atomic E-state index is 0.0651. The molecule has 1 aromatic carbocycles. The molecule has 14 heavy (non-hydrogen) atoms. The predicted octanol–water partition coefficient (Wildman–Crippen LogP) is 3.07. The highest BCUT2D eigenvalue weighted by Gasteiger charge is 2.40. The van der Waals surface area contributed by atoms with Crippen molar-refractivity contribution in [1.29, 1.82) is 0 Å². The topological polar surface area (TPSA) is 20.2 Å². The zero-order valence-corrected chi connectivity index (χ0v) is 7.40. The van der Waals surface area contributed by atoms with Crippen LogP contribution in [0.1, 0.15) is 11.7 Å². The van der Waals surface area contributed by atoms with Gasteiger partial charge in [0.2, 0.25) is 0 Å². The van der Waals surface area contributed by atoms with Crippen molar-refractivity contribution in [2.24, 2.45) is 0 Å². The lowest BCUT2D eigenvalue weighted by Gasteiger charge is -2.15. The van der Waals surface area contributed by atoms with Crippen LogP contribution >= 0.6 is 11.6 Å². The second kappa shape index (κ2) is 3.74. The average Bonchev–Trinajstić information content (AvgIpc) is 2.06. The number of hydrogen-bond acceptors (Lipinski definition) is 1. The summed E-state index contributed by atoms with van der Waals surface area (Å²) >= 11 is 5.37. The quantitative estimate of drug-likeness (QED) is 0.733. The smallest absolute Gasteiger partial charge is 0.379 e. The molecule has 78 valence electrons.